The summed E-state index contributed by atoms with van der Waals surface area (Å²) in [6.45, 7) is 36.5. The van der Waals surface area contributed by atoms with E-state index in [1.165, 1.54) is 19.3 Å². The summed E-state index contributed by atoms with van der Waals surface area (Å²) >= 11 is 0. The monoisotopic (exact) mass is 816 g/mol. The van der Waals surface area contributed by atoms with Gasteiger partial charge in [-0.1, -0.05) is 66.7 Å². The van der Waals surface area contributed by atoms with Gasteiger partial charge >= 0.3 is 0 Å². The number of anilines is 3. The summed E-state index contributed by atoms with van der Waals surface area (Å²) in [5.74, 6) is 2.49. The Kier molecular flexibility index (Phi) is 20.4. The van der Waals surface area contributed by atoms with Crippen LogP contribution in [0.15, 0.2) is 0 Å². The first kappa shape index (κ1) is 50.6. The van der Waals surface area contributed by atoms with Gasteiger partial charge in [0.15, 0.2) is 0 Å². The van der Waals surface area contributed by atoms with Crippen molar-refractivity contribution in [2.45, 2.75) is 227 Å². The molecule has 58 heavy (non-hydrogen) atoms. The minimum Gasteiger partial charge on any atom is -0.344 e. The Balaban J connectivity index is 1.86. The lowest BCUT2D eigenvalue weighted by Gasteiger charge is -2.55. The molecule has 0 bridgehead atoms. The first-order chi connectivity index (χ1) is 27.4. The highest BCUT2D eigenvalue weighted by Crippen LogP contribution is 2.42. The van der Waals surface area contributed by atoms with Gasteiger partial charge in [-0.2, -0.15) is 25.1 Å². The maximum absolute atomic E-state index is 6.49. The quantitative estimate of drug-likeness (QED) is 0.0797. The molecule has 1 aromatic rings. The molecule has 1 aromatic heterocycles. The average molecular weight is 816 g/mol. The van der Waals surface area contributed by atoms with E-state index in [0.29, 0.717) is 6.04 Å². The molecule has 0 unspecified atom stereocenters. The molecule has 11 nitrogen and oxygen atoms in total. The molecule has 338 valence electrons. The van der Waals surface area contributed by atoms with E-state index in [4.69, 9.17) is 24.6 Å². The van der Waals surface area contributed by atoms with Crippen molar-refractivity contribution in [3.05, 3.63) is 0 Å². The van der Waals surface area contributed by atoms with E-state index in [9.17, 15) is 0 Å². The molecular weight excluding hydrogens is 723 g/mol. The van der Waals surface area contributed by atoms with E-state index in [1.54, 1.807) is 0 Å². The topological polar surface area (TPSA) is 76.6 Å². The van der Waals surface area contributed by atoms with Gasteiger partial charge in [-0.3, -0.25) is 9.68 Å². The molecule has 0 aromatic carbocycles. The summed E-state index contributed by atoms with van der Waals surface area (Å²) in [6.07, 6.45) is 17.8. The van der Waals surface area contributed by atoms with Crippen molar-refractivity contribution in [3.63, 3.8) is 0 Å². The minimum atomic E-state index is -0.142. The molecule has 0 amide bonds. The van der Waals surface area contributed by atoms with Crippen LogP contribution in [0.1, 0.15) is 193 Å². The Labute approximate surface area is 358 Å². The fourth-order valence-electron chi connectivity index (χ4n) is 9.93. The minimum absolute atomic E-state index is 0.00329. The van der Waals surface area contributed by atoms with Crippen LogP contribution in [-0.2, 0) is 9.68 Å². The number of unbranched alkanes of at least 4 members (excludes halogenated alkanes) is 6. The molecule has 0 atom stereocenters. The third-order valence-electron chi connectivity index (χ3n) is 12.6. The first-order valence-corrected chi connectivity index (χ1v) is 23.9. The molecule has 11 heteroatoms. The second kappa shape index (κ2) is 23.4. The van der Waals surface area contributed by atoms with E-state index in [2.05, 4.69) is 134 Å². The molecule has 2 aliphatic heterocycles. The van der Waals surface area contributed by atoms with Crippen LogP contribution in [0.25, 0.3) is 0 Å². The normalized spacial score (nSPS) is 19.9. The van der Waals surface area contributed by atoms with Crippen molar-refractivity contribution in [2.75, 3.05) is 74.7 Å². The summed E-state index contributed by atoms with van der Waals surface area (Å²) in [6, 6.07) is 0.832. The number of piperidine rings is 2. The smallest absolute Gasteiger partial charge is 0.232 e. The van der Waals surface area contributed by atoms with Crippen LogP contribution in [0.4, 0.5) is 17.8 Å². The number of hydrogen-bond donors (Lipinski definition) is 0. The van der Waals surface area contributed by atoms with Gasteiger partial charge in [-0.05, 0) is 140 Å². The molecule has 2 aliphatic rings. The number of hydrogen-bond acceptors (Lipinski definition) is 11. The van der Waals surface area contributed by atoms with Gasteiger partial charge < -0.3 is 19.6 Å². The summed E-state index contributed by atoms with van der Waals surface area (Å²) < 4.78 is 0. The van der Waals surface area contributed by atoms with Gasteiger partial charge in [0, 0.05) is 67.5 Å². The highest BCUT2D eigenvalue weighted by molar-refractivity contribution is 5.47. The maximum Gasteiger partial charge on any atom is 0.232 e. The molecular formula is C47H93N9O2. The van der Waals surface area contributed by atoms with Gasteiger partial charge in [0.25, 0.3) is 0 Å². The lowest BCUT2D eigenvalue weighted by Crippen LogP contribution is -2.64. The van der Waals surface area contributed by atoms with E-state index < -0.39 is 0 Å². The molecule has 3 heterocycles. The van der Waals surface area contributed by atoms with Crippen LogP contribution in [0.5, 0.6) is 0 Å². The van der Waals surface area contributed by atoms with Crippen LogP contribution >= 0.6 is 0 Å². The van der Waals surface area contributed by atoms with Gasteiger partial charge in [0.2, 0.25) is 17.8 Å². The second-order valence-electron chi connectivity index (χ2n) is 20.4. The Morgan fingerprint density at radius 3 is 1.36 bits per heavy atom. The van der Waals surface area contributed by atoms with Crippen molar-refractivity contribution in [2.24, 2.45) is 0 Å². The summed E-state index contributed by atoms with van der Waals surface area (Å²) in [4.78, 5) is 38.7. The Morgan fingerprint density at radius 2 is 0.897 bits per heavy atom. The lowest BCUT2D eigenvalue weighted by atomic mass is 9.78. The summed E-state index contributed by atoms with van der Waals surface area (Å²) in [5.41, 5.74) is -0.278. The number of hydroxylamine groups is 4. The zero-order valence-corrected chi connectivity index (χ0v) is 40.8. The third-order valence-corrected chi connectivity index (χ3v) is 12.6. The highest BCUT2D eigenvalue weighted by atomic mass is 16.7. The molecule has 2 fully saturated rings. The molecule has 0 saturated carbocycles. The van der Waals surface area contributed by atoms with E-state index in [-0.39, 0.29) is 28.2 Å². The van der Waals surface area contributed by atoms with Gasteiger partial charge in [0.1, 0.15) is 0 Å². The van der Waals surface area contributed by atoms with Crippen LogP contribution in [0.2, 0.25) is 0 Å². The van der Waals surface area contributed by atoms with Crippen LogP contribution in [0.3, 0.4) is 0 Å². The van der Waals surface area contributed by atoms with E-state index in [1.807, 2.05) is 0 Å². The number of aromatic nitrogens is 3. The largest absolute Gasteiger partial charge is 0.344 e. The van der Waals surface area contributed by atoms with E-state index in [0.717, 1.165) is 147 Å². The average Bonchev–Trinajstić information content (AvgIpc) is 3.14. The SMILES string of the molecule is CCCCN(C)c1nc(N(CCCC)CCCC)nc(N(CCCCCCN(C)C2CC(C)(C)N(OCCC)C(C)(C)C2)C2CC(C)(C)N(OCCC)C(C)(C)C2)n1. The van der Waals surface area contributed by atoms with E-state index >= 15 is 0 Å². The van der Waals surface area contributed by atoms with Crippen molar-refractivity contribution < 1.29 is 9.68 Å². The third kappa shape index (κ3) is 14.4. The van der Waals surface area contributed by atoms with Crippen LogP contribution < -0.4 is 14.7 Å². The fourth-order valence-corrected chi connectivity index (χ4v) is 9.93. The van der Waals surface area contributed by atoms with Gasteiger partial charge in [-0.25, -0.2) is 0 Å². The predicted molar refractivity (Wildman–Crippen MR) is 247 cm³/mol. The zero-order valence-electron chi connectivity index (χ0n) is 40.8. The maximum atomic E-state index is 6.49. The second-order valence-corrected chi connectivity index (χ2v) is 20.4. The van der Waals surface area contributed by atoms with Crippen molar-refractivity contribution in [3.8, 4) is 0 Å². The molecule has 0 radical (unpaired) electrons. The van der Waals surface area contributed by atoms with Gasteiger partial charge in [-0.15, -0.1) is 0 Å². The molecule has 2 saturated heterocycles. The molecule has 3 rings (SSSR count). The van der Waals surface area contributed by atoms with Crippen molar-refractivity contribution >= 4 is 17.8 Å². The van der Waals surface area contributed by atoms with Crippen LogP contribution in [-0.4, -0.2) is 124 Å². The molecule has 0 aliphatic carbocycles. The van der Waals surface area contributed by atoms with Crippen molar-refractivity contribution in [1.29, 1.82) is 0 Å². The number of nitrogens with zero attached hydrogens (tertiary/aromatic N) is 9. The molecule has 0 N–H and O–H groups in total. The highest BCUT2D eigenvalue weighted by Gasteiger charge is 2.49. The Hall–Kier alpha value is -1.79. The summed E-state index contributed by atoms with van der Waals surface area (Å²) in [5, 5.41) is 4.61. The lowest BCUT2D eigenvalue weighted by molar-refractivity contribution is -0.287. The van der Waals surface area contributed by atoms with Crippen molar-refractivity contribution in [1.82, 2.24) is 30.0 Å². The Morgan fingerprint density at radius 1 is 0.483 bits per heavy atom. The zero-order chi connectivity index (χ0) is 43.1. The van der Waals surface area contributed by atoms with Gasteiger partial charge in [0.05, 0.1) is 13.2 Å². The first-order valence-electron chi connectivity index (χ1n) is 23.9. The summed E-state index contributed by atoms with van der Waals surface area (Å²) in [7, 11) is 4.50. The fraction of sp³-hybridized carbons (Fsp3) is 0.936. The number of rotatable bonds is 27. The van der Waals surface area contributed by atoms with Crippen LogP contribution in [0, 0.1) is 0 Å². The standard InChI is InChI=1S/C47H93N9O2/c1-16-21-28-52(15)41-48-42(53(30-22-17-2)31-23-18-3)50-43(49-41)54(40-37-46(10,11)56(58-34-20-5)47(12,13)38-40)32-27-25-24-26-29-51(14)39-35-44(6,7)55(57-33-19-4)45(8,9)36-39/h39-40H,16-38H2,1-15H3. The Bertz CT molecular complexity index is 1260. The predicted octanol–water partition coefficient (Wildman–Crippen LogP) is 10.5. The molecule has 0 spiro atoms.